The number of methoxy groups -OCH3 is 1. The maximum Gasteiger partial charge on any atom is 0.167 e. The van der Waals surface area contributed by atoms with Crippen LogP contribution in [-0.2, 0) is 0 Å². The molecule has 0 saturated carbocycles. The number of hydrogen-bond donors (Lipinski definition) is 1. The number of rotatable bonds is 3. The summed E-state index contributed by atoms with van der Waals surface area (Å²) in [4.78, 5) is 12.5. The van der Waals surface area contributed by atoms with E-state index < -0.39 is 0 Å². The van der Waals surface area contributed by atoms with E-state index in [1.807, 2.05) is 26.8 Å². The van der Waals surface area contributed by atoms with Crippen LogP contribution in [-0.4, -0.2) is 26.0 Å². The zero-order chi connectivity index (χ0) is 13.3. The zero-order valence-electron chi connectivity index (χ0n) is 11.6. The fraction of sp³-hybridized carbons (Fsp3) is 0.533. The lowest BCUT2D eigenvalue weighted by atomic mass is 9.90. The number of benzene rings is 1. The predicted molar refractivity (Wildman–Crippen MR) is 72.5 cm³/mol. The van der Waals surface area contributed by atoms with Gasteiger partial charge in [-0.2, -0.15) is 0 Å². The van der Waals surface area contributed by atoms with Crippen molar-refractivity contribution in [3.05, 3.63) is 28.3 Å². The Labute approximate surface area is 109 Å². The highest BCUT2D eigenvalue weighted by Gasteiger charge is 2.26. The quantitative estimate of drug-likeness (QED) is 0.834. The molecule has 98 valence electrons. The topological polar surface area (TPSA) is 38.3 Å². The summed E-state index contributed by atoms with van der Waals surface area (Å²) in [7, 11) is 1.68. The van der Waals surface area contributed by atoms with Gasteiger partial charge in [-0.05, 0) is 56.5 Å². The van der Waals surface area contributed by atoms with Gasteiger partial charge in [0.1, 0.15) is 5.75 Å². The summed E-state index contributed by atoms with van der Waals surface area (Å²) in [5.41, 5.74) is 4.02. The fourth-order valence-corrected chi connectivity index (χ4v) is 2.73. The molecule has 1 saturated heterocycles. The van der Waals surface area contributed by atoms with Gasteiger partial charge in [0, 0.05) is 18.0 Å². The molecule has 1 heterocycles. The second kappa shape index (κ2) is 5.11. The van der Waals surface area contributed by atoms with E-state index in [4.69, 9.17) is 4.74 Å². The molecule has 0 aromatic heterocycles. The molecule has 1 aliphatic rings. The average molecular weight is 247 g/mol. The van der Waals surface area contributed by atoms with Gasteiger partial charge < -0.3 is 10.1 Å². The Hall–Kier alpha value is -1.35. The SMILES string of the molecule is COc1c(C)cc(C(=O)C2CCNC2)c(C)c1C. The number of Topliss-reactive ketones (excluding diaryl/α,β-unsaturated/α-hetero) is 1. The molecule has 0 aliphatic carbocycles. The molecule has 1 aromatic rings. The third kappa shape index (κ3) is 2.15. The zero-order valence-corrected chi connectivity index (χ0v) is 11.6. The van der Waals surface area contributed by atoms with Crippen molar-refractivity contribution in [2.24, 2.45) is 5.92 Å². The molecule has 0 radical (unpaired) electrons. The standard InChI is InChI=1S/C15H21NO2/c1-9-7-13(10(2)11(3)15(9)18-4)14(17)12-5-6-16-8-12/h7,12,16H,5-6,8H2,1-4H3. The summed E-state index contributed by atoms with van der Waals surface area (Å²) in [6.45, 7) is 7.78. The molecule has 2 rings (SSSR count). The van der Waals surface area contributed by atoms with Gasteiger partial charge in [-0.3, -0.25) is 4.79 Å². The maximum absolute atomic E-state index is 12.5. The van der Waals surface area contributed by atoms with Crippen molar-refractivity contribution in [3.63, 3.8) is 0 Å². The summed E-state index contributed by atoms with van der Waals surface area (Å²) < 4.78 is 5.39. The van der Waals surface area contributed by atoms with E-state index in [2.05, 4.69) is 5.32 Å². The molecule has 1 aromatic carbocycles. The number of ketones is 1. The second-order valence-electron chi connectivity index (χ2n) is 5.08. The van der Waals surface area contributed by atoms with Gasteiger partial charge in [-0.15, -0.1) is 0 Å². The van der Waals surface area contributed by atoms with Gasteiger partial charge in [0.15, 0.2) is 5.78 Å². The Morgan fingerprint density at radius 2 is 2.06 bits per heavy atom. The Bertz CT molecular complexity index is 474. The fourth-order valence-electron chi connectivity index (χ4n) is 2.73. The van der Waals surface area contributed by atoms with Gasteiger partial charge in [0.2, 0.25) is 0 Å². The molecule has 0 spiro atoms. The first-order valence-corrected chi connectivity index (χ1v) is 6.46. The van der Waals surface area contributed by atoms with Gasteiger partial charge in [-0.25, -0.2) is 0 Å². The maximum atomic E-state index is 12.5. The van der Waals surface area contributed by atoms with Crippen molar-refractivity contribution in [2.45, 2.75) is 27.2 Å². The summed E-state index contributed by atoms with van der Waals surface area (Å²) in [5, 5.41) is 3.25. The van der Waals surface area contributed by atoms with E-state index in [1.165, 1.54) is 0 Å². The molecule has 3 heteroatoms. The van der Waals surface area contributed by atoms with Crippen LogP contribution in [0.4, 0.5) is 0 Å². The molecular weight excluding hydrogens is 226 g/mol. The minimum atomic E-state index is 0.135. The van der Waals surface area contributed by atoms with Crippen molar-refractivity contribution in [1.82, 2.24) is 5.32 Å². The molecule has 1 N–H and O–H groups in total. The van der Waals surface area contributed by atoms with Gasteiger partial charge in [0.05, 0.1) is 7.11 Å². The number of carbonyl (C=O) groups is 1. The van der Waals surface area contributed by atoms with E-state index in [-0.39, 0.29) is 11.7 Å². The second-order valence-corrected chi connectivity index (χ2v) is 5.08. The largest absolute Gasteiger partial charge is 0.496 e. The Morgan fingerprint density at radius 1 is 1.33 bits per heavy atom. The Balaban J connectivity index is 2.42. The summed E-state index contributed by atoms with van der Waals surface area (Å²) >= 11 is 0. The smallest absolute Gasteiger partial charge is 0.167 e. The molecular formula is C15H21NO2. The van der Waals surface area contributed by atoms with Crippen molar-refractivity contribution >= 4 is 5.78 Å². The third-order valence-electron chi connectivity index (χ3n) is 3.93. The van der Waals surface area contributed by atoms with Gasteiger partial charge in [0.25, 0.3) is 0 Å². The van der Waals surface area contributed by atoms with Crippen molar-refractivity contribution in [2.75, 3.05) is 20.2 Å². The molecule has 3 nitrogen and oxygen atoms in total. The monoisotopic (exact) mass is 247 g/mol. The average Bonchev–Trinajstić information content (AvgIpc) is 2.87. The molecule has 18 heavy (non-hydrogen) atoms. The van der Waals surface area contributed by atoms with Crippen LogP contribution in [0.15, 0.2) is 6.07 Å². The Kier molecular flexibility index (Phi) is 3.71. The molecule has 1 atom stereocenters. The van der Waals surface area contributed by atoms with Crippen LogP contribution in [0.25, 0.3) is 0 Å². The van der Waals surface area contributed by atoms with E-state index in [0.717, 1.165) is 47.5 Å². The van der Waals surface area contributed by atoms with E-state index in [1.54, 1.807) is 7.11 Å². The highest BCUT2D eigenvalue weighted by atomic mass is 16.5. The molecule has 1 unspecified atom stereocenters. The third-order valence-corrected chi connectivity index (χ3v) is 3.93. The van der Waals surface area contributed by atoms with Crippen molar-refractivity contribution in [3.8, 4) is 5.75 Å². The van der Waals surface area contributed by atoms with E-state index >= 15 is 0 Å². The summed E-state index contributed by atoms with van der Waals surface area (Å²) in [6, 6.07) is 1.97. The van der Waals surface area contributed by atoms with E-state index in [0.29, 0.717) is 0 Å². The highest BCUT2D eigenvalue weighted by molar-refractivity contribution is 6.00. The lowest BCUT2D eigenvalue weighted by Crippen LogP contribution is -2.19. The normalized spacial score (nSPS) is 19.0. The minimum absolute atomic E-state index is 0.135. The van der Waals surface area contributed by atoms with Crippen molar-refractivity contribution < 1.29 is 9.53 Å². The molecule has 1 fully saturated rings. The van der Waals surface area contributed by atoms with Gasteiger partial charge in [-0.1, -0.05) is 0 Å². The van der Waals surface area contributed by atoms with Crippen LogP contribution in [0.3, 0.4) is 0 Å². The van der Waals surface area contributed by atoms with Crippen molar-refractivity contribution in [1.29, 1.82) is 0 Å². The van der Waals surface area contributed by atoms with Crippen LogP contribution in [0.1, 0.15) is 33.5 Å². The highest BCUT2D eigenvalue weighted by Crippen LogP contribution is 2.30. The lowest BCUT2D eigenvalue weighted by Gasteiger charge is -2.16. The van der Waals surface area contributed by atoms with Crippen LogP contribution in [0.5, 0.6) is 5.75 Å². The molecule has 0 bridgehead atoms. The molecule has 0 amide bonds. The first-order chi connectivity index (χ1) is 8.56. The lowest BCUT2D eigenvalue weighted by molar-refractivity contribution is 0.0929. The molecule has 1 aliphatic heterocycles. The van der Waals surface area contributed by atoms with Crippen LogP contribution in [0, 0.1) is 26.7 Å². The van der Waals surface area contributed by atoms with E-state index in [9.17, 15) is 4.79 Å². The number of carbonyl (C=O) groups excluding carboxylic acids is 1. The minimum Gasteiger partial charge on any atom is -0.496 e. The number of hydrogen-bond acceptors (Lipinski definition) is 3. The van der Waals surface area contributed by atoms with Gasteiger partial charge >= 0.3 is 0 Å². The number of aryl methyl sites for hydroxylation is 1. The van der Waals surface area contributed by atoms with Crippen LogP contribution in [0.2, 0.25) is 0 Å². The summed E-state index contributed by atoms with van der Waals surface area (Å²) in [5.74, 6) is 1.30. The van der Waals surface area contributed by atoms with Crippen LogP contribution >= 0.6 is 0 Å². The Morgan fingerprint density at radius 3 is 2.61 bits per heavy atom. The number of nitrogens with one attached hydrogen (secondary N) is 1. The predicted octanol–water partition coefficient (Wildman–Crippen LogP) is 2.41. The summed E-state index contributed by atoms with van der Waals surface area (Å²) in [6.07, 6.45) is 0.947. The first kappa shape index (κ1) is 13.1. The first-order valence-electron chi connectivity index (χ1n) is 6.46. The van der Waals surface area contributed by atoms with Crippen LogP contribution < -0.4 is 10.1 Å². The number of ether oxygens (including phenoxy) is 1.